The van der Waals surface area contributed by atoms with Crippen LogP contribution in [0.5, 0.6) is 0 Å². The molecule has 2 saturated carbocycles. The van der Waals surface area contributed by atoms with Crippen molar-refractivity contribution in [2.75, 3.05) is 5.32 Å². The molecular formula is C18H19N3O. The predicted molar refractivity (Wildman–Crippen MR) is 83.6 cm³/mol. The smallest absolute Gasteiger partial charge is 0.232 e. The summed E-state index contributed by atoms with van der Waals surface area (Å²) >= 11 is 0. The van der Waals surface area contributed by atoms with Crippen LogP contribution in [-0.2, 0) is 0 Å². The number of oxazole rings is 1. The molecule has 4 heteroatoms. The Labute approximate surface area is 130 Å². The molecule has 0 unspecified atom stereocenters. The van der Waals surface area contributed by atoms with E-state index in [4.69, 9.17) is 4.42 Å². The van der Waals surface area contributed by atoms with Crippen molar-refractivity contribution in [2.24, 2.45) is 0 Å². The van der Waals surface area contributed by atoms with E-state index >= 15 is 0 Å². The molecule has 1 aromatic carbocycles. The standard InChI is InChI=1S/C18H19N3O/c19-11-16-18(20-13-8-4-5-9-13)22-17(21-16)15-10-14(15)12-6-2-1-3-7-12/h1-3,6-7,13-15,20H,4-5,8-10H2/t14-,15-/m0/s1. The average Bonchev–Trinajstić information content (AvgIpc) is 3.00. The number of benzene rings is 1. The maximum absolute atomic E-state index is 9.28. The minimum absolute atomic E-state index is 0.314. The average molecular weight is 293 g/mol. The van der Waals surface area contributed by atoms with Gasteiger partial charge in [-0.1, -0.05) is 43.2 Å². The lowest BCUT2D eigenvalue weighted by atomic mass is 10.1. The third kappa shape index (κ3) is 2.48. The van der Waals surface area contributed by atoms with E-state index in [2.05, 4.69) is 40.6 Å². The highest BCUT2D eigenvalue weighted by molar-refractivity contribution is 5.47. The number of hydrogen-bond acceptors (Lipinski definition) is 4. The van der Waals surface area contributed by atoms with Crippen LogP contribution in [0.15, 0.2) is 34.7 Å². The minimum Gasteiger partial charge on any atom is -0.424 e. The van der Waals surface area contributed by atoms with Gasteiger partial charge in [0.1, 0.15) is 6.07 Å². The van der Waals surface area contributed by atoms with Crippen LogP contribution in [0, 0.1) is 11.3 Å². The SMILES string of the molecule is N#Cc1nc([C@H]2C[C@H]2c2ccccc2)oc1NC1CCCC1. The van der Waals surface area contributed by atoms with Crippen LogP contribution >= 0.6 is 0 Å². The number of aromatic nitrogens is 1. The summed E-state index contributed by atoms with van der Waals surface area (Å²) in [7, 11) is 0. The van der Waals surface area contributed by atoms with Crippen LogP contribution in [0.2, 0.25) is 0 Å². The summed E-state index contributed by atoms with van der Waals surface area (Å²) in [6.07, 6.45) is 5.85. The summed E-state index contributed by atoms with van der Waals surface area (Å²) in [5.74, 6) is 2.08. The summed E-state index contributed by atoms with van der Waals surface area (Å²) in [6.45, 7) is 0. The van der Waals surface area contributed by atoms with Crippen LogP contribution in [0.25, 0.3) is 0 Å². The first-order chi connectivity index (χ1) is 10.8. The van der Waals surface area contributed by atoms with E-state index in [0.717, 1.165) is 19.3 Å². The second kappa shape index (κ2) is 5.49. The topological polar surface area (TPSA) is 61.9 Å². The second-order valence-corrected chi connectivity index (χ2v) is 6.33. The van der Waals surface area contributed by atoms with Crippen LogP contribution in [0.4, 0.5) is 5.88 Å². The van der Waals surface area contributed by atoms with Gasteiger partial charge in [-0.25, -0.2) is 4.98 Å². The van der Waals surface area contributed by atoms with Crippen molar-refractivity contribution < 1.29 is 4.42 Å². The third-order valence-electron chi connectivity index (χ3n) is 4.78. The zero-order valence-electron chi connectivity index (χ0n) is 12.5. The molecule has 1 N–H and O–H groups in total. The van der Waals surface area contributed by atoms with Crippen LogP contribution < -0.4 is 5.32 Å². The summed E-state index contributed by atoms with van der Waals surface area (Å²) in [6, 6.07) is 13.0. The largest absolute Gasteiger partial charge is 0.424 e. The van der Waals surface area contributed by atoms with E-state index in [1.807, 2.05) is 6.07 Å². The van der Waals surface area contributed by atoms with E-state index in [9.17, 15) is 5.26 Å². The number of rotatable bonds is 4. The molecule has 112 valence electrons. The Morgan fingerprint density at radius 2 is 1.91 bits per heavy atom. The van der Waals surface area contributed by atoms with Gasteiger partial charge in [0.05, 0.1) is 0 Å². The van der Waals surface area contributed by atoms with E-state index in [1.54, 1.807) is 0 Å². The van der Waals surface area contributed by atoms with Crippen LogP contribution in [0.3, 0.4) is 0 Å². The van der Waals surface area contributed by atoms with Crippen molar-refractivity contribution in [1.82, 2.24) is 4.98 Å². The van der Waals surface area contributed by atoms with Crippen molar-refractivity contribution in [2.45, 2.75) is 50.0 Å². The lowest BCUT2D eigenvalue weighted by Gasteiger charge is -2.09. The Morgan fingerprint density at radius 3 is 2.64 bits per heavy atom. The molecule has 2 fully saturated rings. The molecule has 1 aromatic heterocycles. The molecule has 22 heavy (non-hydrogen) atoms. The van der Waals surface area contributed by atoms with E-state index in [1.165, 1.54) is 18.4 Å². The highest BCUT2D eigenvalue weighted by Gasteiger charge is 2.43. The molecule has 0 amide bonds. The summed E-state index contributed by atoms with van der Waals surface area (Å²) in [4.78, 5) is 4.42. The Hall–Kier alpha value is -2.28. The van der Waals surface area contributed by atoms with E-state index < -0.39 is 0 Å². The first-order valence-corrected chi connectivity index (χ1v) is 8.07. The Bertz CT molecular complexity index is 695. The van der Waals surface area contributed by atoms with Gasteiger partial charge < -0.3 is 9.73 Å². The Balaban J connectivity index is 1.51. The number of nitriles is 1. The van der Waals surface area contributed by atoms with Gasteiger partial charge in [0.25, 0.3) is 0 Å². The van der Waals surface area contributed by atoms with Crippen molar-refractivity contribution in [3.05, 3.63) is 47.5 Å². The molecule has 1 heterocycles. The van der Waals surface area contributed by atoms with Crippen LogP contribution in [-0.4, -0.2) is 11.0 Å². The molecule has 2 aromatic rings. The lowest BCUT2D eigenvalue weighted by Crippen LogP contribution is -2.14. The molecular weight excluding hydrogens is 274 g/mol. The van der Waals surface area contributed by atoms with Crippen LogP contribution in [0.1, 0.15) is 61.1 Å². The molecule has 0 bridgehead atoms. The van der Waals surface area contributed by atoms with E-state index in [0.29, 0.717) is 35.3 Å². The Morgan fingerprint density at radius 1 is 1.14 bits per heavy atom. The fourth-order valence-corrected chi connectivity index (χ4v) is 3.46. The molecule has 0 aliphatic heterocycles. The molecule has 4 nitrogen and oxygen atoms in total. The van der Waals surface area contributed by atoms with Gasteiger partial charge in [0.2, 0.25) is 17.5 Å². The zero-order valence-corrected chi connectivity index (χ0v) is 12.5. The molecule has 0 radical (unpaired) electrons. The highest BCUT2D eigenvalue weighted by atomic mass is 16.4. The minimum atomic E-state index is 0.314. The molecule has 2 aliphatic carbocycles. The fourth-order valence-electron chi connectivity index (χ4n) is 3.46. The van der Waals surface area contributed by atoms with Gasteiger partial charge in [0.15, 0.2) is 0 Å². The molecule has 4 rings (SSSR count). The number of nitrogens with zero attached hydrogens (tertiary/aromatic N) is 2. The molecule has 2 atom stereocenters. The van der Waals surface area contributed by atoms with Gasteiger partial charge in [-0.15, -0.1) is 0 Å². The first-order valence-electron chi connectivity index (χ1n) is 8.07. The zero-order chi connectivity index (χ0) is 14.9. The fraction of sp³-hybridized carbons (Fsp3) is 0.444. The number of nitrogens with one attached hydrogen (secondary N) is 1. The van der Waals surface area contributed by atoms with Crippen molar-refractivity contribution in [1.29, 1.82) is 5.26 Å². The third-order valence-corrected chi connectivity index (χ3v) is 4.78. The van der Waals surface area contributed by atoms with Crippen molar-refractivity contribution >= 4 is 5.88 Å². The summed E-state index contributed by atoms with van der Waals surface area (Å²) in [5, 5.41) is 12.6. The van der Waals surface area contributed by atoms with Gasteiger partial charge in [-0.2, -0.15) is 5.26 Å². The maximum atomic E-state index is 9.28. The Kier molecular flexibility index (Phi) is 3.34. The second-order valence-electron chi connectivity index (χ2n) is 6.33. The van der Waals surface area contributed by atoms with E-state index in [-0.39, 0.29) is 0 Å². The molecule has 0 spiro atoms. The molecule has 2 aliphatic rings. The normalized spacial score (nSPS) is 24.1. The monoisotopic (exact) mass is 293 g/mol. The van der Waals surface area contributed by atoms with Gasteiger partial charge >= 0.3 is 0 Å². The molecule has 0 saturated heterocycles. The summed E-state index contributed by atoms with van der Waals surface area (Å²) < 4.78 is 5.90. The van der Waals surface area contributed by atoms with Gasteiger partial charge in [0, 0.05) is 12.0 Å². The highest BCUT2D eigenvalue weighted by Crippen LogP contribution is 2.54. The van der Waals surface area contributed by atoms with Crippen molar-refractivity contribution in [3.63, 3.8) is 0 Å². The van der Waals surface area contributed by atoms with Gasteiger partial charge in [-0.05, 0) is 30.7 Å². The maximum Gasteiger partial charge on any atom is 0.232 e. The lowest BCUT2D eigenvalue weighted by molar-refractivity contribution is 0.498. The predicted octanol–water partition coefficient (Wildman–Crippen LogP) is 4.17. The number of anilines is 1. The number of hydrogen-bond donors (Lipinski definition) is 1. The van der Waals surface area contributed by atoms with Crippen molar-refractivity contribution in [3.8, 4) is 6.07 Å². The summed E-state index contributed by atoms with van der Waals surface area (Å²) in [5.41, 5.74) is 1.73. The quantitative estimate of drug-likeness (QED) is 0.919. The van der Waals surface area contributed by atoms with Gasteiger partial charge in [-0.3, -0.25) is 0 Å². The first kappa shape index (κ1) is 13.4.